The molecule has 2 aromatic carbocycles. The average Bonchev–Trinajstić information content (AvgIpc) is 2.73. The number of hydrogen-bond donors (Lipinski definition) is 2. The molecule has 7 heteroatoms. The van der Waals surface area contributed by atoms with E-state index in [1.54, 1.807) is 31.4 Å². The predicted octanol–water partition coefficient (Wildman–Crippen LogP) is 1.94. The second kappa shape index (κ2) is 8.75. The number of nitrogens with zero attached hydrogens (tertiary/aromatic N) is 2. The average molecular weight is 382 g/mol. The van der Waals surface area contributed by atoms with Crippen molar-refractivity contribution in [3.63, 3.8) is 0 Å². The normalized spacial score (nSPS) is 15.7. The minimum absolute atomic E-state index is 0.0717. The zero-order valence-electron chi connectivity index (χ0n) is 16.2. The third kappa shape index (κ3) is 4.43. The molecule has 0 aromatic heterocycles. The molecule has 2 aromatic rings. The lowest BCUT2D eigenvalue weighted by Crippen LogP contribution is -2.52. The van der Waals surface area contributed by atoms with Crippen LogP contribution in [0.3, 0.4) is 0 Å². The van der Waals surface area contributed by atoms with Gasteiger partial charge in [0, 0.05) is 37.4 Å². The number of benzene rings is 2. The van der Waals surface area contributed by atoms with Crippen LogP contribution in [0.4, 0.5) is 11.4 Å². The molecule has 1 aliphatic rings. The van der Waals surface area contributed by atoms with Crippen LogP contribution in [0.1, 0.15) is 17.3 Å². The van der Waals surface area contributed by atoms with Crippen LogP contribution in [-0.4, -0.2) is 56.0 Å². The van der Waals surface area contributed by atoms with E-state index in [0.717, 1.165) is 37.6 Å². The van der Waals surface area contributed by atoms with Crippen molar-refractivity contribution in [3.8, 4) is 5.75 Å². The Hall–Kier alpha value is -3.06. The smallest absolute Gasteiger partial charge is 0.248 e. The van der Waals surface area contributed by atoms with Crippen LogP contribution in [0, 0.1) is 0 Å². The van der Waals surface area contributed by atoms with Gasteiger partial charge in [-0.2, -0.15) is 0 Å². The summed E-state index contributed by atoms with van der Waals surface area (Å²) in [5, 5.41) is 2.90. The first-order chi connectivity index (χ1) is 13.5. The quantitative estimate of drug-likeness (QED) is 0.797. The number of ether oxygens (including phenoxy) is 1. The Balaban J connectivity index is 1.56. The van der Waals surface area contributed by atoms with Crippen molar-refractivity contribution < 1.29 is 14.3 Å². The number of amides is 2. The Labute approximate surface area is 165 Å². The fourth-order valence-corrected chi connectivity index (χ4v) is 3.37. The molecule has 3 rings (SSSR count). The van der Waals surface area contributed by atoms with Crippen molar-refractivity contribution in [2.75, 3.05) is 43.5 Å². The summed E-state index contributed by atoms with van der Waals surface area (Å²) in [6, 6.07) is 14.3. The Morgan fingerprint density at radius 3 is 2.29 bits per heavy atom. The summed E-state index contributed by atoms with van der Waals surface area (Å²) in [6.45, 7) is 5.13. The number of hydrogen-bond acceptors (Lipinski definition) is 5. The fraction of sp³-hybridized carbons (Fsp3) is 0.333. The van der Waals surface area contributed by atoms with Crippen molar-refractivity contribution in [2.45, 2.75) is 13.0 Å². The highest BCUT2D eigenvalue weighted by Crippen LogP contribution is 2.28. The standard InChI is InChI=1S/C21H26N4O3/c1-15(21(27)23-17-9-7-16(8-10-17)20(22)26)24-11-13-25(14-12-24)18-5-3-4-6-19(18)28-2/h3-10,15H,11-14H2,1-2H3,(H2,22,26)(H,23,27)/t15-/m0/s1. The number of rotatable bonds is 6. The Bertz CT molecular complexity index is 830. The molecule has 0 aliphatic carbocycles. The van der Waals surface area contributed by atoms with E-state index in [4.69, 9.17) is 10.5 Å². The van der Waals surface area contributed by atoms with Crippen LogP contribution < -0.4 is 20.7 Å². The van der Waals surface area contributed by atoms with Gasteiger partial charge in [-0.1, -0.05) is 12.1 Å². The van der Waals surface area contributed by atoms with E-state index in [1.165, 1.54) is 0 Å². The lowest BCUT2D eigenvalue weighted by Gasteiger charge is -2.38. The molecule has 1 saturated heterocycles. The SMILES string of the molecule is COc1ccccc1N1CCN([C@@H](C)C(=O)Nc2ccc(C(N)=O)cc2)CC1. The van der Waals surface area contributed by atoms with Crippen LogP contribution in [0.25, 0.3) is 0 Å². The van der Waals surface area contributed by atoms with Gasteiger partial charge >= 0.3 is 0 Å². The lowest BCUT2D eigenvalue weighted by molar-refractivity contribution is -0.120. The number of primary amides is 1. The molecule has 0 bridgehead atoms. The third-order valence-electron chi connectivity index (χ3n) is 5.10. The van der Waals surface area contributed by atoms with Gasteiger partial charge < -0.3 is 20.7 Å². The Morgan fingerprint density at radius 1 is 1.04 bits per heavy atom. The number of piperazine rings is 1. The van der Waals surface area contributed by atoms with E-state index in [2.05, 4.69) is 21.2 Å². The summed E-state index contributed by atoms with van der Waals surface area (Å²) < 4.78 is 5.45. The van der Waals surface area contributed by atoms with Crippen LogP contribution in [-0.2, 0) is 4.79 Å². The van der Waals surface area contributed by atoms with Gasteiger partial charge in [-0.3, -0.25) is 14.5 Å². The van der Waals surface area contributed by atoms with E-state index in [-0.39, 0.29) is 11.9 Å². The second-order valence-electron chi connectivity index (χ2n) is 6.80. The number of anilines is 2. The summed E-state index contributed by atoms with van der Waals surface area (Å²) in [5.74, 6) is 0.304. The van der Waals surface area contributed by atoms with Gasteiger partial charge in [0.25, 0.3) is 0 Å². The summed E-state index contributed by atoms with van der Waals surface area (Å²) in [7, 11) is 1.68. The summed E-state index contributed by atoms with van der Waals surface area (Å²) in [5.41, 5.74) is 7.38. The first kappa shape index (κ1) is 19.7. The van der Waals surface area contributed by atoms with Gasteiger partial charge in [-0.15, -0.1) is 0 Å². The van der Waals surface area contributed by atoms with E-state index in [9.17, 15) is 9.59 Å². The molecular formula is C21H26N4O3. The zero-order chi connectivity index (χ0) is 20.1. The molecule has 1 atom stereocenters. The number of carbonyl (C=O) groups is 2. The summed E-state index contributed by atoms with van der Waals surface area (Å²) in [4.78, 5) is 28.2. The van der Waals surface area contributed by atoms with Crippen molar-refractivity contribution in [1.82, 2.24) is 4.90 Å². The van der Waals surface area contributed by atoms with Crippen molar-refractivity contribution in [1.29, 1.82) is 0 Å². The molecule has 2 amide bonds. The number of methoxy groups -OCH3 is 1. The molecule has 0 spiro atoms. The van der Waals surface area contributed by atoms with Crippen molar-refractivity contribution in [3.05, 3.63) is 54.1 Å². The van der Waals surface area contributed by atoms with Crippen LogP contribution in [0.5, 0.6) is 5.75 Å². The molecule has 3 N–H and O–H groups in total. The molecule has 1 aliphatic heterocycles. The minimum Gasteiger partial charge on any atom is -0.495 e. The Kier molecular flexibility index (Phi) is 6.16. The van der Waals surface area contributed by atoms with Gasteiger partial charge in [0.05, 0.1) is 18.8 Å². The molecule has 1 heterocycles. The third-order valence-corrected chi connectivity index (χ3v) is 5.10. The van der Waals surface area contributed by atoms with Gasteiger partial charge in [0.15, 0.2) is 0 Å². The van der Waals surface area contributed by atoms with Gasteiger partial charge in [0.2, 0.25) is 11.8 Å². The largest absolute Gasteiger partial charge is 0.495 e. The number of para-hydroxylation sites is 2. The number of carbonyl (C=O) groups excluding carboxylic acids is 2. The maximum atomic E-state index is 12.6. The maximum absolute atomic E-state index is 12.6. The first-order valence-electron chi connectivity index (χ1n) is 9.32. The van der Waals surface area contributed by atoms with Gasteiger partial charge in [-0.05, 0) is 43.3 Å². The molecule has 7 nitrogen and oxygen atoms in total. The van der Waals surface area contributed by atoms with Crippen LogP contribution >= 0.6 is 0 Å². The fourth-order valence-electron chi connectivity index (χ4n) is 3.37. The van der Waals surface area contributed by atoms with E-state index < -0.39 is 5.91 Å². The summed E-state index contributed by atoms with van der Waals surface area (Å²) in [6.07, 6.45) is 0. The minimum atomic E-state index is -0.487. The predicted molar refractivity (Wildman–Crippen MR) is 110 cm³/mol. The molecule has 1 fully saturated rings. The number of nitrogens with one attached hydrogen (secondary N) is 1. The Morgan fingerprint density at radius 2 is 1.68 bits per heavy atom. The monoisotopic (exact) mass is 382 g/mol. The molecule has 0 saturated carbocycles. The van der Waals surface area contributed by atoms with Crippen LogP contribution in [0.15, 0.2) is 48.5 Å². The van der Waals surface area contributed by atoms with Crippen molar-refractivity contribution in [2.24, 2.45) is 5.73 Å². The topological polar surface area (TPSA) is 87.9 Å². The molecule has 28 heavy (non-hydrogen) atoms. The molecule has 0 radical (unpaired) electrons. The van der Waals surface area contributed by atoms with Crippen molar-refractivity contribution >= 4 is 23.2 Å². The van der Waals surface area contributed by atoms with Gasteiger partial charge in [0.1, 0.15) is 5.75 Å². The highest BCUT2D eigenvalue weighted by atomic mass is 16.5. The number of nitrogens with two attached hydrogens (primary N) is 1. The van der Waals surface area contributed by atoms with E-state index >= 15 is 0 Å². The second-order valence-corrected chi connectivity index (χ2v) is 6.80. The van der Waals surface area contributed by atoms with E-state index in [0.29, 0.717) is 11.3 Å². The zero-order valence-corrected chi connectivity index (χ0v) is 16.2. The first-order valence-corrected chi connectivity index (χ1v) is 9.32. The highest BCUT2D eigenvalue weighted by Gasteiger charge is 2.26. The molecular weight excluding hydrogens is 356 g/mol. The molecule has 0 unspecified atom stereocenters. The van der Waals surface area contributed by atoms with E-state index in [1.807, 2.05) is 25.1 Å². The summed E-state index contributed by atoms with van der Waals surface area (Å²) >= 11 is 0. The maximum Gasteiger partial charge on any atom is 0.248 e. The van der Waals surface area contributed by atoms with Gasteiger partial charge in [-0.25, -0.2) is 0 Å². The van der Waals surface area contributed by atoms with Crippen LogP contribution in [0.2, 0.25) is 0 Å². The highest BCUT2D eigenvalue weighted by molar-refractivity contribution is 5.96. The molecule has 148 valence electrons. The lowest BCUT2D eigenvalue weighted by atomic mass is 10.1.